The summed E-state index contributed by atoms with van der Waals surface area (Å²) >= 11 is 0. The van der Waals surface area contributed by atoms with Gasteiger partial charge in [0.1, 0.15) is 0 Å². The van der Waals surface area contributed by atoms with Crippen molar-refractivity contribution >= 4 is 0 Å². The van der Waals surface area contributed by atoms with E-state index in [1.54, 1.807) is 5.57 Å². The lowest BCUT2D eigenvalue weighted by atomic mass is 9.38. The van der Waals surface area contributed by atoms with E-state index < -0.39 is 6.29 Å². The van der Waals surface area contributed by atoms with E-state index in [9.17, 15) is 15.3 Å². The first-order valence-electron chi connectivity index (χ1n) is 17.3. The topological polar surface area (TPSA) is 79.2 Å². The summed E-state index contributed by atoms with van der Waals surface area (Å²) in [7, 11) is 0. The van der Waals surface area contributed by atoms with Crippen LogP contribution in [0.3, 0.4) is 0 Å². The van der Waals surface area contributed by atoms with Gasteiger partial charge in [0.15, 0.2) is 6.29 Å². The van der Waals surface area contributed by atoms with Gasteiger partial charge in [0.05, 0.1) is 31.5 Å². The number of rotatable bonds is 5. The van der Waals surface area contributed by atoms with Crippen molar-refractivity contribution in [3.8, 4) is 0 Å². The first-order valence-corrected chi connectivity index (χ1v) is 17.3. The van der Waals surface area contributed by atoms with Gasteiger partial charge in [-0.15, -0.1) is 0 Å². The van der Waals surface area contributed by atoms with Crippen molar-refractivity contribution < 1.29 is 24.8 Å². The zero-order valence-electron chi connectivity index (χ0n) is 27.0. The zero-order valence-corrected chi connectivity index (χ0v) is 27.0. The second kappa shape index (κ2) is 9.87. The van der Waals surface area contributed by atoms with E-state index in [4.69, 9.17) is 9.47 Å². The molecular formula is C39H52O5. The van der Waals surface area contributed by atoms with E-state index in [0.717, 1.165) is 63.5 Å². The quantitative estimate of drug-likeness (QED) is 0.342. The smallest absolute Gasteiger partial charge is 0.158 e. The number of aliphatic hydroxyl groups excluding tert-OH is 3. The maximum Gasteiger partial charge on any atom is 0.158 e. The molecule has 5 fully saturated rings. The standard InChI is InChI=1S/C39H52O5/c1-24(21-40)16-28-19-29(34(42)44-28)30-11-15-39-22-38(30,39)14-12-31-35(2)13-10-26-18-27(17-25-8-6-5-7-9-25)43-23-36(26,3)32(35)20-33(41)37(31,39)4/h5-10,12,14,16,27-34,40-42H,11,13,15,17-23H2,1-4H3/b24-16+/t27-,28+,29+,30+,31-,32-,33-,34?,35-,36+,37+,38-,39-/m1/s1. The summed E-state index contributed by atoms with van der Waals surface area (Å²) in [5, 5.41) is 33.0. The van der Waals surface area contributed by atoms with Crippen LogP contribution in [0, 0.1) is 50.7 Å². The van der Waals surface area contributed by atoms with Crippen molar-refractivity contribution in [2.75, 3.05) is 13.2 Å². The number of ether oxygens (including phenoxy) is 2. The molecule has 0 spiro atoms. The Kier molecular flexibility index (Phi) is 6.65. The van der Waals surface area contributed by atoms with E-state index in [0.29, 0.717) is 17.8 Å². The number of fused-ring (bicyclic) bond motifs is 5. The average Bonchev–Trinajstić information content (AvgIpc) is 3.40. The van der Waals surface area contributed by atoms with Gasteiger partial charge in [-0.3, -0.25) is 0 Å². The largest absolute Gasteiger partial charge is 0.393 e. The van der Waals surface area contributed by atoms with Crippen LogP contribution in [0.5, 0.6) is 0 Å². The summed E-state index contributed by atoms with van der Waals surface area (Å²) in [6, 6.07) is 10.7. The van der Waals surface area contributed by atoms with Crippen LogP contribution in [0.15, 0.2) is 65.8 Å². The number of aliphatic hydroxyl groups is 3. The van der Waals surface area contributed by atoms with Gasteiger partial charge in [-0.1, -0.05) is 81.0 Å². The summed E-state index contributed by atoms with van der Waals surface area (Å²) in [6.07, 6.45) is 16.6. The molecule has 5 nitrogen and oxygen atoms in total. The molecule has 7 aliphatic rings. The zero-order chi connectivity index (χ0) is 30.7. The Hall–Kier alpha value is -1.76. The first-order chi connectivity index (χ1) is 21.0. The highest BCUT2D eigenvalue weighted by Crippen LogP contribution is 2.89. The van der Waals surface area contributed by atoms with Crippen LogP contribution < -0.4 is 0 Å². The van der Waals surface area contributed by atoms with Crippen molar-refractivity contribution in [3.63, 3.8) is 0 Å². The third kappa shape index (κ3) is 3.77. The number of hydrogen-bond acceptors (Lipinski definition) is 5. The highest BCUT2D eigenvalue weighted by atomic mass is 16.6. The Balaban J connectivity index is 1.08. The lowest BCUT2D eigenvalue weighted by Crippen LogP contribution is -2.65. The van der Waals surface area contributed by atoms with Gasteiger partial charge in [-0.05, 0) is 103 Å². The molecule has 0 amide bonds. The van der Waals surface area contributed by atoms with Crippen LogP contribution in [-0.2, 0) is 15.9 Å². The molecular weight excluding hydrogens is 548 g/mol. The Labute approximate surface area is 263 Å². The van der Waals surface area contributed by atoms with Crippen molar-refractivity contribution in [3.05, 3.63) is 71.3 Å². The average molecular weight is 601 g/mol. The second-order valence-corrected chi connectivity index (χ2v) is 16.7. The van der Waals surface area contributed by atoms with Gasteiger partial charge in [-0.25, -0.2) is 0 Å². The predicted molar refractivity (Wildman–Crippen MR) is 170 cm³/mol. The third-order valence-electron chi connectivity index (χ3n) is 14.9. The van der Waals surface area contributed by atoms with E-state index in [1.807, 2.05) is 13.0 Å². The molecule has 13 atom stereocenters. The lowest BCUT2D eigenvalue weighted by Gasteiger charge is -2.67. The normalized spacial score (nSPS) is 52.3. The molecule has 238 valence electrons. The van der Waals surface area contributed by atoms with Crippen molar-refractivity contribution in [2.45, 2.75) is 104 Å². The Morgan fingerprint density at radius 1 is 1.09 bits per heavy atom. The highest BCUT2D eigenvalue weighted by Gasteiger charge is 2.84. The fourth-order valence-electron chi connectivity index (χ4n) is 12.7. The first kappa shape index (κ1) is 29.6. The predicted octanol–water partition coefficient (Wildman–Crippen LogP) is 6.38. The second-order valence-electron chi connectivity index (χ2n) is 16.7. The van der Waals surface area contributed by atoms with Gasteiger partial charge in [0.25, 0.3) is 0 Å². The molecule has 0 bridgehead atoms. The maximum absolute atomic E-state index is 12.4. The van der Waals surface area contributed by atoms with Crippen LogP contribution in [0.2, 0.25) is 0 Å². The molecule has 2 aliphatic heterocycles. The number of allylic oxidation sites excluding steroid dienone is 3. The summed E-state index contributed by atoms with van der Waals surface area (Å²) < 4.78 is 12.7. The maximum atomic E-state index is 12.4. The molecule has 5 aliphatic carbocycles. The minimum atomic E-state index is -0.769. The molecule has 1 aromatic rings. The highest BCUT2D eigenvalue weighted by molar-refractivity contribution is 5.42. The molecule has 1 aromatic carbocycles. The van der Waals surface area contributed by atoms with E-state index >= 15 is 0 Å². The van der Waals surface area contributed by atoms with E-state index in [-0.39, 0.29) is 57.9 Å². The minimum Gasteiger partial charge on any atom is -0.393 e. The van der Waals surface area contributed by atoms with Crippen molar-refractivity contribution in [1.29, 1.82) is 0 Å². The van der Waals surface area contributed by atoms with Gasteiger partial charge in [0, 0.05) is 16.7 Å². The lowest BCUT2D eigenvalue weighted by molar-refractivity contribution is -0.199. The SMILES string of the molecule is C/C(=C\[C@H]1C[C@@H]([C@@H]2CC[C@]34C[C@]23C=C[C@@H]2[C@@]3(C)CC=C5C[C@@H](Cc6ccccc6)OC[C@]5(C)[C@@H]3C[C@@H](O)[C@]24C)C(O)O1)CO. The molecule has 1 unspecified atom stereocenters. The molecule has 5 heteroatoms. The van der Waals surface area contributed by atoms with Gasteiger partial charge >= 0.3 is 0 Å². The fraction of sp³-hybridized carbons (Fsp3) is 0.692. The molecule has 2 heterocycles. The van der Waals surface area contributed by atoms with Crippen LogP contribution >= 0.6 is 0 Å². The number of hydrogen-bond donors (Lipinski definition) is 3. The van der Waals surface area contributed by atoms with Gasteiger partial charge in [0.2, 0.25) is 0 Å². The summed E-state index contributed by atoms with van der Waals surface area (Å²) in [5.74, 6) is 1.13. The Morgan fingerprint density at radius 2 is 1.89 bits per heavy atom. The number of benzene rings is 1. The van der Waals surface area contributed by atoms with Crippen molar-refractivity contribution in [2.24, 2.45) is 50.7 Å². The van der Waals surface area contributed by atoms with Crippen LogP contribution in [-0.4, -0.2) is 53.1 Å². The van der Waals surface area contributed by atoms with Crippen LogP contribution in [0.1, 0.15) is 78.2 Å². The summed E-state index contributed by atoms with van der Waals surface area (Å²) in [5.41, 5.74) is 3.73. The van der Waals surface area contributed by atoms with Gasteiger partial charge in [-0.2, -0.15) is 0 Å². The summed E-state index contributed by atoms with van der Waals surface area (Å²) in [6.45, 7) is 10.1. The third-order valence-corrected chi connectivity index (χ3v) is 14.9. The fourth-order valence-corrected chi connectivity index (χ4v) is 12.7. The van der Waals surface area contributed by atoms with Gasteiger partial charge < -0.3 is 24.8 Å². The van der Waals surface area contributed by atoms with E-state index in [2.05, 4.69) is 69.3 Å². The Morgan fingerprint density at radius 3 is 2.66 bits per heavy atom. The van der Waals surface area contributed by atoms with Crippen LogP contribution in [0.4, 0.5) is 0 Å². The van der Waals surface area contributed by atoms with E-state index in [1.165, 1.54) is 5.56 Å². The molecule has 8 rings (SSSR count). The van der Waals surface area contributed by atoms with Crippen LogP contribution in [0.25, 0.3) is 0 Å². The monoisotopic (exact) mass is 600 g/mol. The molecule has 3 saturated carbocycles. The molecule has 0 radical (unpaired) electrons. The molecule has 0 aromatic heterocycles. The molecule has 2 saturated heterocycles. The minimum absolute atomic E-state index is 0.0212. The Bertz CT molecular complexity index is 1400. The molecule has 44 heavy (non-hydrogen) atoms. The summed E-state index contributed by atoms with van der Waals surface area (Å²) in [4.78, 5) is 0. The molecule has 3 N–H and O–H groups in total. The van der Waals surface area contributed by atoms with Crippen molar-refractivity contribution in [1.82, 2.24) is 0 Å².